The fraction of sp³-hybridized carbons (Fsp3) is 0.368. The maximum absolute atomic E-state index is 12.7. The lowest BCUT2D eigenvalue weighted by Gasteiger charge is -2.16. The van der Waals surface area contributed by atoms with Crippen LogP contribution in [0.15, 0.2) is 41.5 Å². The van der Waals surface area contributed by atoms with Crippen LogP contribution in [0, 0.1) is 6.92 Å². The SMILES string of the molecule is Cc1nc(-c2ccc(C(F)(F)F)cc2)sc1CN1C/C=C\CCC/C=N\1. The van der Waals surface area contributed by atoms with Gasteiger partial charge >= 0.3 is 6.18 Å². The maximum Gasteiger partial charge on any atom is 0.416 e. The van der Waals surface area contributed by atoms with Crippen molar-refractivity contribution in [3.63, 3.8) is 0 Å². The average molecular weight is 379 g/mol. The number of hydrogen-bond donors (Lipinski definition) is 0. The zero-order chi connectivity index (χ0) is 18.6. The van der Waals surface area contributed by atoms with Crippen LogP contribution in [0.2, 0.25) is 0 Å². The van der Waals surface area contributed by atoms with Crippen molar-refractivity contribution in [2.75, 3.05) is 6.54 Å². The molecule has 3 rings (SSSR count). The van der Waals surface area contributed by atoms with Gasteiger partial charge in [0.2, 0.25) is 0 Å². The smallest absolute Gasteiger partial charge is 0.288 e. The van der Waals surface area contributed by atoms with E-state index in [1.165, 1.54) is 23.5 Å². The van der Waals surface area contributed by atoms with E-state index in [4.69, 9.17) is 0 Å². The highest BCUT2D eigenvalue weighted by atomic mass is 32.1. The molecular weight excluding hydrogens is 359 g/mol. The molecule has 2 aromatic rings. The van der Waals surface area contributed by atoms with E-state index >= 15 is 0 Å². The second kappa shape index (κ2) is 8.03. The molecule has 7 heteroatoms. The topological polar surface area (TPSA) is 28.5 Å². The number of benzene rings is 1. The molecule has 0 fully saturated rings. The molecule has 0 N–H and O–H groups in total. The van der Waals surface area contributed by atoms with E-state index in [-0.39, 0.29) is 0 Å². The molecular formula is C19H20F3N3S. The molecule has 1 aromatic carbocycles. The third kappa shape index (κ3) is 4.72. The van der Waals surface area contributed by atoms with Crippen molar-refractivity contribution in [3.8, 4) is 10.6 Å². The summed E-state index contributed by atoms with van der Waals surface area (Å²) in [6.45, 7) is 3.31. The van der Waals surface area contributed by atoms with Gasteiger partial charge in [0, 0.05) is 16.7 Å². The van der Waals surface area contributed by atoms with Crippen molar-refractivity contribution < 1.29 is 13.2 Å². The fourth-order valence-corrected chi connectivity index (χ4v) is 3.71. The molecule has 0 amide bonds. The predicted octanol–water partition coefficient (Wildman–Crippen LogP) is 5.67. The van der Waals surface area contributed by atoms with Gasteiger partial charge in [-0.2, -0.15) is 18.3 Å². The minimum Gasteiger partial charge on any atom is -0.288 e. The Kier molecular flexibility index (Phi) is 5.76. The molecule has 138 valence electrons. The molecule has 0 unspecified atom stereocenters. The van der Waals surface area contributed by atoms with Crippen LogP contribution >= 0.6 is 11.3 Å². The van der Waals surface area contributed by atoms with Gasteiger partial charge in [-0.3, -0.25) is 5.01 Å². The number of halogens is 3. The zero-order valence-electron chi connectivity index (χ0n) is 14.5. The Hall–Kier alpha value is -2.15. The largest absolute Gasteiger partial charge is 0.416 e. The van der Waals surface area contributed by atoms with Gasteiger partial charge in [0.05, 0.1) is 24.3 Å². The van der Waals surface area contributed by atoms with Gasteiger partial charge in [0.25, 0.3) is 0 Å². The molecule has 0 atom stereocenters. The fourth-order valence-electron chi connectivity index (χ4n) is 2.63. The lowest BCUT2D eigenvalue weighted by atomic mass is 10.1. The first kappa shape index (κ1) is 18.6. The number of thiazole rings is 1. The highest BCUT2D eigenvalue weighted by molar-refractivity contribution is 7.15. The first-order chi connectivity index (χ1) is 12.4. The summed E-state index contributed by atoms with van der Waals surface area (Å²) in [4.78, 5) is 5.61. The molecule has 2 heterocycles. The summed E-state index contributed by atoms with van der Waals surface area (Å²) < 4.78 is 38.1. The monoisotopic (exact) mass is 379 g/mol. The Morgan fingerprint density at radius 3 is 2.62 bits per heavy atom. The van der Waals surface area contributed by atoms with Crippen LogP contribution in [0.25, 0.3) is 10.6 Å². The van der Waals surface area contributed by atoms with Gasteiger partial charge < -0.3 is 0 Å². The molecule has 0 spiro atoms. The first-order valence-electron chi connectivity index (χ1n) is 8.50. The molecule has 0 aliphatic carbocycles. The highest BCUT2D eigenvalue weighted by Crippen LogP contribution is 2.33. The van der Waals surface area contributed by atoms with Crippen molar-refractivity contribution in [3.05, 3.63) is 52.6 Å². The van der Waals surface area contributed by atoms with E-state index in [0.29, 0.717) is 12.1 Å². The molecule has 1 aromatic heterocycles. The second-order valence-electron chi connectivity index (χ2n) is 6.15. The van der Waals surface area contributed by atoms with E-state index in [0.717, 1.165) is 53.5 Å². The number of nitrogens with zero attached hydrogens (tertiary/aromatic N) is 3. The third-order valence-corrected chi connectivity index (χ3v) is 5.30. The minimum absolute atomic E-state index is 0.644. The van der Waals surface area contributed by atoms with Crippen molar-refractivity contribution in [2.24, 2.45) is 5.10 Å². The standard InChI is InChI=1S/C19H20F3N3S/c1-14-17(13-25-12-6-4-2-3-5-11-23-25)26-18(24-14)15-7-9-16(10-8-15)19(20,21)22/h4,6-11H,2-3,5,12-13H2,1H3/b6-4-,23-11-. The van der Waals surface area contributed by atoms with Crippen LogP contribution in [0.4, 0.5) is 13.2 Å². The quantitative estimate of drug-likeness (QED) is 0.643. The summed E-state index contributed by atoms with van der Waals surface area (Å²) in [5.41, 5.74) is 0.946. The number of aromatic nitrogens is 1. The number of aryl methyl sites for hydroxylation is 1. The summed E-state index contributed by atoms with van der Waals surface area (Å²) in [5, 5.41) is 7.23. The van der Waals surface area contributed by atoms with Crippen molar-refractivity contribution >= 4 is 17.6 Å². The lowest BCUT2D eigenvalue weighted by molar-refractivity contribution is -0.137. The number of hydrazone groups is 1. The molecule has 1 aliphatic rings. The van der Waals surface area contributed by atoms with E-state index < -0.39 is 11.7 Å². The van der Waals surface area contributed by atoms with E-state index in [1.54, 1.807) is 0 Å². The van der Waals surface area contributed by atoms with Gasteiger partial charge in [0.1, 0.15) is 5.01 Å². The van der Waals surface area contributed by atoms with Crippen molar-refractivity contribution in [1.29, 1.82) is 0 Å². The Morgan fingerprint density at radius 1 is 1.12 bits per heavy atom. The summed E-state index contributed by atoms with van der Waals surface area (Å²) in [6.07, 6.45) is 5.05. The van der Waals surface area contributed by atoms with Crippen molar-refractivity contribution in [1.82, 2.24) is 9.99 Å². The zero-order valence-corrected chi connectivity index (χ0v) is 15.3. The minimum atomic E-state index is -4.32. The second-order valence-corrected chi connectivity index (χ2v) is 7.23. The molecule has 3 nitrogen and oxygen atoms in total. The van der Waals surface area contributed by atoms with Crippen LogP contribution in [-0.4, -0.2) is 22.8 Å². The molecule has 0 saturated carbocycles. The lowest BCUT2D eigenvalue weighted by Crippen LogP contribution is -2.16. The maximum atomic E-state index is 12.7. The number of hydrogen-bond acceptors (Lipinski definition) is 4. The normalized spacial score (nSPS) is 18.1. The summed E-state index contributed by atoms with van der Waals surface area (Å²) in [5.74, 6) is 0. The van der Waals surface area contributed by atoms with E-state index in [9.17, 15) is 13.2 Å². The molecule has 0 bridgehead atoms. The summed E-state index contributed by atoms with van der Waals surface area (Å²) >= 11 is 1.50. The molecule has 26 heavy (non-hydrogen) atoms. The van der Waals surface area contributed by atoms with Crippen LogP contribution in [-0.2, 0) is 12.7 Å². The molecule has 0 radical (unpaired) electrons. The Morgan fingerprint density at radius 2 is 1.88 bits per heavy atom. The predicted molar refractivity (Wildman–Crippen MR) is 99.2 cm³/mol. The van der Waals surface area contributed by atoms with Gasteiger partial charge in [-0.15, -0.1) is 11.3 Å². The van der Waals surface area contributed by atoms with Crippen LogP contribution in [0.5, 0.6) is 0 Å². The van der Waals surface area contributed by atoms with Gasteiger partial charge in [-0.05, 0) is 38.3 Å². The Labute approximate surface area is 154 Å². The first-order valence-corrected chi connectivity index (χ1v) is 9.31. The van der Waals surface area contributed by atoms with E-state index in [2.05, 4.69) is 22.2 Å². The van der Waals surface area contributed by atoms with E-state index in [1.807, 2.05) is 18.1 Å². The Bertz CT molecular complexity index is 791. The summed E-state index contributed by atoms with van der Waals surface area (Å²) in [6, 6.07) is 5.16. The Balaban J connectivity index is 1.77. The third-order valence-electron chi connectivity index (χ3n) is 4.11. The number of rotatable bonds is 3. The highest BCUT2D eigenvalue weighted by Gasteiger charge is 2.30. The van der Waals surface area contributed by atoms with Gasteiger partial charge in [-0.25, -0.2) is 4.98 Å². The number of alkyl halides is 3. The summed E-state index contributed by atoms with van der Waals surface area (Å²) in [7, 11) is 0. The average Bonchev–Trinajstić information content (AvgIpc) is 3.02. The molecule has 1 aliphatic heterocycles. The van der Waals surface area contributed by atoms with Gasteiger partial charge in [-0.1, -0.05) is 24.3 Å². The van der Waals surface area contributed by atoms with Crippen LogP contribution in [0.1, 0.15) is 35.4 Å². The number of allylic oxidation sites excluding steroid dienone is 1. The van der Waals surface area contributed by atoms with Gasteiger partial charge in [0.15, 0.2) is 0 Å². The molecule has 0 saturated heterocycles. The van der Waals surface area contributed by atoms with Crippen molar-refractivity contribution in [2.45, 2.75) is 38.9 Å². The van der Waals surface area contributed by atoms with Crippen LogP contribution in [0.3, 0.4) is 0 Å². The van der Waals surface area contributed by atoms with Crippen LogP contribution < -0.4 is 0 Å².